The van der Waals surface area contributed by atoms with Gasteiger partial charge in [0.2, 0.25) is 0 Å². The number of carbonyl (C=O) groups excluding carboxylic acids is 3. The number of amides is 3. The molecule has 0 radical (unpaired) electrons. The van der Waals surface area contributed by atoms with Crippen molar-refractivity contribution in [2.75, 3.05) is 21.2 Å². The summed E-state index contributed by atoms with van der Waals surface area (Å²) in [6, 6.07) is 12.7. The minimum absolute atomic E-state index is 0.295. The number of hydrogen-bond donors (Lipinski definition) is 3. The SMILES string of the molecule is CNC(=O)C(C(=O)NO)N(C)C(=O)c1ccc(-c2cccc(OC)c2)cc1. The fourth-order valence-corrected chi connectivity index (χ4v) is 2.60. The van der Waals surface area contributed by atoms with Crippen molar-refractivity contribution in [3.8, 4) is 16.9 Å². The molecule has 0 saturated carbocycles. The van der Waals surface area contributed by atoms with E-state index in [4.69, 9.17) is 9.94 Å². The third-order valence-electron chi connectivity index (χ3n) is 4.10. The smallest absolute Gasteiger partial charge is 0.275 e. The summed E-state index contributed by atoms with van der Waals surface area (Å²) in [5.41, 5.74) is 3.50. The highest BCUT2D eigenvalue weighted by atomic mass is 16.5. The van der Waals surface area contributed by atoms with Gasteiger partial charge in [-0.25, -0.2) is 5.48 Å². The molecule has 2 aromatic carbocycles. The highest BCUT2D eigenvalue weighted by Gasteiger charge is 2.33. The first-order valence-corrected chi connectivity index (χ1v) is 8.10. The molecule has 3 N–H and O–H groups in total. The topological polar surface area (TPSA) is 108 Å². The van der Waals surface area contributed by atoms with Crippen LogP contribution in [-0.2, 0) is 9.59 Å². The van der Waals surface area contributed by atoms with Gasteiger partial charge in [-0.3, -0.25) is 19.6 Å². The predicted octanol–water partition coefficient (Wildman–Crippen LogP) is 1.05. The van der Waals surface area contributed by atoms with Crippen molar-refractivity contribution in [1.82, 2.24) is 15.7 Å². The van der Waals surface area contributed by atoms with E-state index in [0.29, 0.717) is 5.56 Å². The number of nitrogens with one attached hydrogen (secondary N) is 2. The van der Waals surface area contributed by atoms with Crippen molar-refractivity contribution >= 4 is 17.7 Å². The molecule has 8 nitrogen and oxygen atoms in total. The van der Waals surface area contributed by atoms with Gasteiger partial charge in [-0.1, -0.05) is 24.3 Å². The predicted molar refractivity (Wildman–Crippen MR) is 98.3 cm³/mol. The first-order chi connectivity index (χ1) is 12.9. The van der Waals surface area contributed by atoms with Crippen molar-refractivity contribution in [3.05, 3.63) is 54.1 Å². The summed E-state index contributed by atoms with van der Waals surface area (Å²) in [5, 5.41) is 11.1. The highest BCUT2D eigenvalue weighted by molar-refractivity contribution is 6.08. The van der Waals surface area contributed by atoms with Gasteiger partial charge < -0.3 is 15.0 Å². The molecule has 1 unspecified atom stereocenters. The fourth-order valence-electron chi connectivity index (χ4n) is 2.60. The summed E-state index contributed by atoms with van der Waals surface area (Å²) in [5.74, 6) is -1.54. The zero-order valence-electron chi connectivity index (χ0n) is 15.2. The Balaban J connectivity index is 2.25. The normalized spacial score (nSPS) is 11.3. The van der Waals surface area contributed by atoms with Crippen LogP contribution >= 0.6 is 0 Å². The summed E-state index contributed by atoms with van der Waals surface area (Å²) in [6.07, 6.45) is 0. The standard InChI is InChI=1S/C19H21N3O5/c1-20-17(23)16(18(24)21-26)22(2)19(25)13-9-7-12(8-10-13)14-5-4-6-15(11-14)27-3/h4-11,16,26H,1-3H3,(H,20,23)(H,21,24). The summed E-state index contributed by atoms with van der Waals surface area (Å²) in [7, 11) is 4.23. The number of methoxy groups -OCH3 is 1. The van der Waals surface area contributed by atoms with Crippen molar-refractivity contribution in [1.29, 1.82) is 0 Å². The second-order valence-corrected chi connectivity index (χ2v) is 5.72. The summed E-state index contributed by atoms with van der Waals surface area (Å²) < 4.78 is 5.21. The number of rotatable bonds is 6. The molecular formula is C19H21N3O5. The Morgan fingerprint density at radius 3 is 2.26 bits per heavy atom. The molecule has 0 aliphatic heterocycles. The third kappa shape index (κ3) is 4.42. The van der Waals surface area contributed by atoms with Gasteiger partial charge in [0.05, 0.1) is 7.11 Å². The van der Waals surface area contributed by atoms with E-state index in [-0.39, 0.29) is 0 Å². The molecule has 0 saturated heterocycles. The lowest BCUT2D eigenvalue weighted by atomic mass is 10.0. The molecule has 0 fully saturated rings. The first-order valence-electron chi connectivity index (χ1n) is 8.10. The Kier molecular flexibility index (Phi) is 6.51. The van der Waals surface area contributed by atoms with Crippen molar-refractivity contribution in [3.63, 3.8) is 0 Å². The minimum atomic E-state index is -1.49. The quantitative estimate of drug-likeness (QED) is 0.400. The number of nitrogens with zero attached hydrogens (tertiary/aromatic N) is 1. The minimum Gasteiger partial charge on any atom is -0.497 e. The van der Waals surface area contributed by atoms with Gasteiger partial charge in [0, 0.05) is 19.7 Å². The van der Waals surface area contributed by atoms with Crippen LogP contribution in [0.1, 0.15) is 10.4 Å². The lowest BCUT2D eigenvalue weighted by Crippen LogP contribution is -2.54. The molecule has 1 atom stereocenters. The van der Waals surface area contributed by atoms with Gasteiger partial charge in [0.15, 0.2) is 6.04 Å². The lowest BCUT2D eigenvalue weighted by molar-refractivity contribution is -0.140. The third-order valence-corrected chi connectivity index (χ3v) is 4.10. The molecule has 8 heteroatoms. The molecule has 3 amide bonds. The van der Waals surface area contributed by atoms with Crippen LogP contribution in [-0.4, -0.2) is 55.1 Å². The molecule has 2 rings (SSSR count). The number of benzene rings is 2. The monoisotopic (exact) mass is 371 g/mol. The van der Waals surface area contributed by atoms with E-state index in [1.807, 2.05) is 24.3 Å². The molecule has 0 spiro atoms. The zero-order valence-corrected chi connectivity index (χ0v) is 15.2. The maximum atomic E-state index is 12.6. The van der Waals surface area contributed by atoms with Gasteiger partial charge in [0.25, 0.3) is 17.7 Å². The number of hydrogen-bond acceptors (Lipinski definition) is 5. The van der Waals surface area contributed by atoms with Crippen LogP contribution in [0.3, 0.4) is 0 Å². The van der Waals surface area contributed by atoms with Crippen molar-refractivity contribution < 1.29 is 24.3 Å². The van der Waals surface area contributed by atoms with Crippen LogP contribution < -0.4 is 15.5 Å². The van der Waals surface area contributed by atoms with E-state index in [0.717, 1.165) is 21.8 Å². The second kappa shape index (κ2) is 8.81. The molecule has 2 aromatic rings. The molecule has 0 aromatic heterocycles. The van der Waals surface area contributed by atoms with Crippen LogP contribution in [0.4, 0.5) is 0 Å². The average Bonchev–Trinajstić information content (AvgIpc) is 2.72. The van der Waals surface area contributed by atoms with Crippen LogP contribution in [0.25, 0.3) is 11.1 Å². The molecule has 0 aliphatic carbocycles. The van der Waals surface area contributed by atoms with E-state index < -0.39 is 23.8 Å². The van der Waals surface area contributed by atoms with Crippen LogP contribution in [0, 0.1) is 0 Å². The summed E-state index contributed by atoms with van der Waals surface area (Å²) in [4.78, 5) is 37.3. The van der Waals surface area contributed by atoms with Crippen LogP contribution in [0.2, 0.25) is 0 Å². The van der Waals surface area contributed by atoms with Crippen molar-refractivity contribution in [2.24, 2.45) is 0 Å². The number of ether oxygens (including phenoxy) is 1. The molecule has 0 aliphatic rings. The van der Waals surface area contributed by atoms with Crippen molar-refractivity contribution in [2.45, 2.75) is 6.04 Å². The largest absolute Gasteiger partial charge is 0.497 e. The first kappa shape index (κ1) is 19.9. The van der Waals surface area contributed by atoms with Gasteiger partial charge in [-0.15, -0.1) is 0 Å². The lowest BCUT2D eigenvalue weighted by Gasteiger charge is -2.25. The summed E-state index contributed by atoms with van der Waals surface area (Å²) >= 11 is 0. The van der Waals surface area contributed by atoms with Gasteiger partial charge in [0.1, 0.15) is 5.75 Å². The average molecular weight is 371 g/mol. The summed E-state index contributed by atoms with van der Waals surface area (Å²) in [6.45, 7) is 0. The number of hydroxylamine groups is 1. The molecule has 0 bridgehead atoms. The van der Waals surface area contributed by atoms with E-state index in [2.05, 4.69) is 5.32 Å². The molecule has 0 heterocycles. The second-order valence-electron chi connectivity index (χ2n) is 5.72. The Bertz CT molecular complexity index is 819. The Hall–Kier alpha value is -3.39. The van der Waals surface area contributed by atoms with Gasteiger partial charge >= 0.3 is 0 Å². The molecule has 27 heavy (non-hydrogen) atoms. The van der Waals surface area contributed by atoms with E-state index in [1.54, 1.807) is 31.4 Å². The Morgan fingerprint density at radius 2 is 1.70 bits per heavy atom. The van der Waals surface area contributed by atoms with E-state index >= 15 is 0 Å². The van der Waals surface area contributed by atoms with Gasteiger partial charge in [-0.05, 0) is 35.4 Å². The molecular weight excluding hydrogens is 350 g/mol. The maximum absolute atomic E-state index is 12.6. The Labute approximate surface area is 156 Å². The van der Waals surface area contributed by atoms with E-state index in [9.17, 15) is 14.4 Å². The highest BCUT2D eigenvalue weighted by Crippen LogP contribution is 2.24. The van der Waals surface area contributed by atoms with Gasteiger partial charge in [-0.2, -0.15) is 0 Å². The molecule has 142 valence electrons. The van der Waals surface area contributed by atoms with E-state index in [1.165, 1.54) is 19.6 Å². The fraction of sp³-hybridized carbons (Fsp3) is 0.211. The number of carbonyl (C=O) groups is 3. The Morgan fingerprint density at radius 1 is 1.04 bits per heavy atom. The maximum Gasteiger partial charge on any atom is 0.275 e. The number of likely N-dealkylation sites (N-methyl/N-ethyl adjacent to an activating group) is 2. The van der Waals surface area contributed by atoms with Crippen LogP contribution in [0.5, 0.6) is 5.75 Å². The van der Waals surface area contributed by atoms with Crippen LogP contribution in [0.15, 0.2) is 48.5 Å². The zero-order chi connectivity index (χ0) is 20.0.